The molecule has 2 rings (SSSR count). The van der Waals surface area contributed by atoms with Crippen LogP contribution >= 0.6 is 0 Å². The Hall–Kier alpha value is -2.14. The highest BCUT2D eigenvalue weighted by Crippen LogP contribution is 2.13. The zero-order valence-electron chi connectivity index (χ0n) is 11.4. The molecule has 0 N–H and O–H groups in total. The van der Waals surface area contributed by atoms with Crippen molar-refractivity contribution in [1.29, 1.82) is 0 Å². The number of nitrogens with zero attached hydrogens (tertiary/aromatic N) is 2. The Balaban J connectivity index is 2.21. The molecule has 0 saturated heterocycles. The molecule has 0 spiro atoms. The first kappa shape index (κ1) is 14.3. The van der Waals surface area contributed by atoms with Gasteiger partial charge in [-0.2, -0.15) is 12.8 Å². The van der Waals surface area contributed by atoms with Gasteiger partial charge in [-0.3, -0.25) is 0 Å². The SMILES string of the molecule is CN(C)c1ccc(/C=N/S(=O)(=O)c2ccccc2)cc1. The lowest BCUT2D eigenvalue weighted by Gasteiger charge is -2.11. The van der Waals surface area contributed by atoms with Gasteiger partial charge < -0.3 is 4.90 Å². The molecule has 104 valence electrons. The van der Waals surface area contributed by atoms with E-state index < -0.39 is 10.0 Å². The molecular formula is C15H16N2O2S. The van der Waals surface area contributed by atoms with Gasteiger partial charge >= 0.3 is 0 Å². The number of benzene rings is 2. The normalized spacial score (nSPS) is 11.7. The summed E-state index contributed by atoms with van der Waals surface area (Å²) in [6, 6.07) is 15.7. The molecule has 0 amide bonds. The van der Waals surface area contributed by atoms with Crippen molar-refractivity contribution in [1.82, 2.24) is 0 Å². The molecular weight excluding hydrogens is 272 g/mol. The Kier molecular flexibility index (Phi) is 4.20. The minimum Gasteiger partial charge on any atom is -0.378 e. The summed E-state index contributed by atoms with van der Waals surface area (Å²) in [5.74, 6) is 0. The second-order valence-corrected chi connectivity index (χ2v) is 6.14. The molecule has 0 heterocycles. The molecule has 2 aromatic carbocycles. The summed E-state index contributed by atoms with van der Waals surface area (Å²) in [5.41, 5.74) is 1.79. The van der Waals surface area contributed by atoms with Crippen molar-refractivity contribution >= 4 is 21.9 Å². The largest absolute Gasteiger partial charge is 0.378 e. The smallest absolute Gasteiger partial charge is 0.282 e. The van der Waals surface area contributed by atoms with Gasteiger partial charge in [0.05, 0.1) is 4.90 Å². The van der Waals surface area contributed by atoms with Gasteiger partial charge in [0.1, 0.15) is 0 Å². The average Bonchev–Trinajstić information content (AvgIpc) is 2.46. The monoisotopic (exact) mass is 288 g/mol. The van der Waals surface area contributed by atoms with Gasteiger partial charge in [0, 0.05) is 26.0 Å². The lowest BCUT2D eigenvalue weighted by Crippen LogP contribution is -2.08. The van der Waals surface area contributed by atoms with Crippen molar-refractivity contribution in [2.24, 2.45) is 4.40 Å². The minimum absolute atomic E-state index is 0.196. The van der Waals surface area contributed by atoms with E-state index in [1.165, 1.54) is 18.3 Å². The standard InChI is InChI=1S/C15H16N2O2S/c1-17(2)14-10-8-13(9-11-14)12-16-20(18,19)15-6-4-3-5-7-15/h3-12H,1-2H3/b16-12+. The maximum Gasteiger partial charge on any atom is 0.282 e. The van der Waals surface area contributed by atoms with Crippen LogP contribution in [0.4, 0.5) is 5.69 Å². The maximum absolute atomic E-state index is 12.0. The molecule has 0 fully saturated rings. The van der Waals surface area contributed by atoms with Crippen LogP contribution in [0.3, 0.4) is 0 Å². The zero-order chi connectivity index (χ0) is 14.6. The summed E-state index contributed by atoms with van der Waals surface area (Å²) in [6.45, 7) is 0. The van der Waals surface area contributed by atoms with E-state index in [1.807, 2.05) is 43.3 Å². The van der Waals surface area contributed by atoms with Gasteiger partial charge in [0.2, 0.25) is 0 Å². The van der Waals surface area contributed by atoms with E-state index in [1.54, 1.807) is 18.2 Å². The summed E-state index contributed by atoms with van der Waals surface area (Å²) in [5, 5.41) is 0. The lowest BCUT2D eigenvalue weighted by atomic mass is 10.2. The topological polar surface area (TPSA) is 49.7 Å². The maximum atomic E-state index is 12.0. The van der Waals surface area contributed by atoms with Crippen LogP contribution in [0.25, 0.3) is 0 Å². The van der Waals surface area contributed by atoms with E-state index in [-0.39, 0.29) is 4.90 Å². The van der Waals surface area contributed by atoms with E-state index >= 15 is 0 Å². The summed E-state index contributed by atoms with van der Waals surface area (Å²) in [6.07, 6.45) is 1.36. The van der Waals surface area contributed by atoms with E-state index in [0.717, 1.165) is 11.3 Å². The lowest BCUT2D eigenvalue weighted by molar-refractivity contribution is 0.598. The second kappa shape index (κ2) is 5.88. The van der Waals surface area contributed by atoms with Crippen molar-refractivity contribution in [3.05, 3.63) is 60.2 Å². The third kappa shape index (κ3) is 3.45. The van der Waals surface area contributed by atoms with Crippen LogP contribution in [0.1, 0.15) is 5.56 Å². The molecule has 0 aliphatic rings. The quantitative estimate of drug-likeness (QED) is 0.812. The fourth-order valence-corrected chi connectivity index (χ4v) is 2.53. The fourth-order valence-electron chi connectivity index (χ4n) is 1.64. The summed E-state index contributed by atoms with van der Waals surface area (Å²) in [4.78, 5) is 2.17. The van der Waals surface area contributed by atoms with Gasteiger partial charge in [-0.05, 0) is 29.8 Å². The van der Waals surface area contributed by atoms with Gasteiger partial charge in [0.15, 0.2) is 0 Å². The van der Waals surface area contributed by atoms with Gasteiger partial charge in [-0.15, -0.1) is 0 Å². The van der Waals surface area contributed by atoms with Gasteiger partial charge in [0.25, 0.3) is 10.0 Å². The third-order valence-corrected chi connectivity index (χ3v) is 4.04. The first-order valence-electron chi connectivity index (χ1n) is 6.12. The molecule has 0 aliphatic carbocycles. The Bertz CT molecular complexity index is 690. The molecule has 0 unspecified atom stereocenters. The molecule has 0 radical (unpaired) electrons. The Morgan fingerprint density at radius 3 is 2.10 bits per heavy atom. The first-order chi connectivity index (χ1) is 9.49. The van der Waals surface area contributed by atoms with Crippen LogP contribution in [-0.4, -0.2) is 28.7 Å². The van der Waals surface area contributed by atoms with E-state index in [2.05, 4.69) is 4.40 Å². The number of sulfonamides is 1. The second-order valence-electron chi connectivity index (χ2n) is 4.51. The molecule has 4 nitrogen and oxygen atoms in total. The van der Waals surface area contributed by atoms with Crippen LogP contribution in [-0.2, 0) is 10.0 Å². The van der Waals surface area contributed by atoms with Crippen LogP contribution in [0.15, 0.2) is 63.9 Å². The van der Waals surface area contributed by atoms with E-state index in [0.29, 0.717) is 0 Å². The summed E-state index contributed by atoms with van der Waals surface area (Å²) in [7, 11) is 0.269. The number of rotatable bonds is 4. The molecule has 5 heteroatoms. The Morgan fingerprint density at radius 1 is 0.950 bits per heavy atom. The van der Waals surface area contributed by atoms with Gasteiger partial charge in [-0.1, -0.05) is 30.3 Å². The Morgan fingerprint density at radius 2 is 1.55 bits per heavy atom. The number of hydrogen-bond donors (Lipinski definition) is 0. The van der Waals surface area contributed by atoms with Crippen LogP contribution < -0.4 is 4.90 Å². The van der Waals surface area contributed by atoms with Crippen LogP contribution in [0.2, 0.25) is 0 Å². The van der Waals surface area contributed by atoms with Crippen molar-refractivity contribution in [3.8, 4) is 0 Å². The van der Waals surface area contributed by atoms with Gasteiger partial charge in [-0.25, -0.2) is 0 Å². The molecule has 2 aromatic rings. The predicted molar refractivity (Wildman–Crippen MR) is 82.0 cm³/mol. The van der Waals surface area contributed by atoms with Crippen LogP contribution in [0, 0.1) is 0 Å². The summed E-state index contributed by atoms with van der Waals surface area (Å²) >= 11 is 0. The van der Waals surface area contributed by atoms with E-state index in [4.69, 9.17) is 0 Å². The van der Waals surface area contributed by atoms with Crippen LogP contribution in [0.5, 0.6) is 0 Å². The van der Waals surface area contributed by atoms with Crippen molar-refractivity contribution in [2.45, 2.75) is 4.90 Å². The van der Waals surface area contributed by atoms with Crippen molar-refractivity contribution < 1.29 is 8.42 Å². The first-order valence-corrected chi connectivity index (χ1v) is 7.56. The highest BCUT2D eigenvalue weighted by atomic mass is 32.2. The molecule has 0 aliphatic heterocycles. The van der Waals surface area contributed by atoms with E-state index in [9.17, 15) is 8.42 Å². The molecule has 0 aromatic heterocycles. The summed E-state index contributed by atoms with van der Waals surface area (Å²) < 4.78 is 27.7. The average molecular weight is 288 g/mol. The fraction of sp³-hybridized carbons (Fsp3) is 0.133. The van der Waals surface area contributed by atoms with Crippen molar-refractivity contribution in [3.63, 3.8) is 0 Å². The molecule has 0 bridgehead atoms. The minimum atomic E-state index is -3.63. The zero-order valence-corrected chi connectivity index (χ0v) is 12.2. The number of anilines is 1. The number of hydrogen-bond acceptors (Lipinski definition) is 3. The Labute approximate surface area is 119 Å². The third-order valence-electron chi connectivity index (χ3n) is 2.79. The molecule has 0 atom stereocenters. The van der Waals surface area contributed by atoms with Crippen molar-refractivity contribution in [2.75, 3.05) is 19.0 Å². The molecule has 20 heavy (non-hydrogen) atoms. The molecule has 0 saturated carbocycles. The highest BCUT2D eigenvalue weighted by molar-refractivity contribution is 7.90. The highest BCUT2D eigenvalue weighted by Gasteiger charge is 2.10. The predicted octanol–water partition coefficient (Wildman–Crippen LogP) is 2.56.